The Morgan fingerprint density at radius 3 is 2.71 bits per heavy atom. The van der Waals surface area contributed by atoms with Gasteiger partial charge in [-0.1, -0.05) is 48.2 Å². The number of fused-ring (bicyclic) bond motifs is 1. The largest absolute Gasteiger partial charge is 0.497 e. The Kier molecular flexibility index (Phi) is 6.23. The zero-order chi connectivity index (χ0) is 21.6. The van der Waals surface area contributed by atoms with Crippen molar-refractivity contribution in [3.63, 3.8) is 0 Å². The van der Waals surface area contributed by atoms with Crippen LogP contribution in [-0.4, -0.2) is 38.3 Å². The molecular weight excluding hydrogens is 414 g/mol. The number of nitrogens with one attached hydrogen (secondary N) is 1. The summed E-state index contributed by atoms with van der Waals surface area (Å²) >= 11 is 1.17. The summed E-state index contributed by atoms with van der Waals surface area (Å²) in [5.41, 5.74) is 1.73. The van der Waals surface area contributed by atoms with Crippen molar-refractivity contribution in [3.05, 3.63) is 82.9 Å². The number of anilines is 1. The molecular formula is C22H19N5O3S. The second-order valence-corrected chi connectivity index (χ2v) is 7.51. The van der Waals surface area contributed by atoms with Crippen LogP contribution in [0.1, 0.15) is 5.56 Å². The van der Waals surface area contributed by atoms with E-state index in [0.717, 1.165) is 5.56 Å². The van der Waals surface area contributed by atoms with Gasteiger partial charge in [-0.3, -0.25) is 14.2 Å². The summed E-state index contributed by atoms with van der Waals surface area (Å²) in [7, 11) is 1.57. The molecule has 0 fully saturated rings. The van der Waals surface area contributed by atoms with Gasteiger partial charge in [-0.15, -0.1) is 0 Å². The lowest BCUT2D eigenvalue weighted by molar-refractivity contribution is -0.113. The summed E-state index contributed by atoms with van der Waals surface area (Å²) in [6.07, 6.45) is 2.95. The molecule has 0 aliphatic rings. The highest BCUT2D eigenvalue weighted by atomic mass is 32.2. The van der Waals surface area contributed by atoms with Crippen LogP contribution in [-0.2, 0) is 11.3 Å². The zero-order valence-corrected chi connectivity index (χ0v) is 17.5. The summed E-state index contributed by atoms with van der Waals surface area (Å²) in [5.74, 6) is 0.499. The number of carbonyl (C=O) groups excluding carboxylic acids is 1. The third-order valence-corrected chi connectivity index (χ3v) is 5.40. The van der Waals surface area contributed by atoms with Crippen LogP contribution in [0.15, 0.2) is 76.9 Å². The van der Waals surface area contributed by atoms with E-state index >= 15 is 0 Å². The highest BCUT2D eigenvalue weighted by Gasteiger charge is 2.15. The molecule has 0 aliphatic carbocycles. The molecule has 0 atom stereocenters. The van der Waals surface area contributed by atoms with E-state index < -0.39 is 0 Å². The van der Waals surface area contributed by atoms with Gasteiger partial charge in [0.15, 0.2) is 16.3 Å². The summed E-state index contributed by atoms with van der Waals surface area (Å²) in [5, 5.41) is 3.23. The van der Waals surface area contributed by atoms with Crippen molar-refractivity contribution in [3.8, 4) is 5.75 Å². The topological polar surface area (TPSA) is 99.0 Å². The molecule has 0 radical (unpaired) electrons. The molecule has 0 aliphatic heterocycles. The predicted octanol–water partition coefficient (Wildman–Crippen LogP) is 2.97. The van der Waals surface area contributed by atoms with E-state index in [2.05, 4.69) is 20.3 Å². The van der Waals surface area contributed by atoms with Crippen molar-refractivity contribution < 1.29 is 9.53 Å². The van der Waals surface area contributed by atoms with Crippen LogP contribution in [0.2, 0.25) is 0 Å². The van der Waals surface area contributed by atoms with E-state index in [-0.39, 0.29) is 28.4 Å². The van der Waals surface area contributed by atoms with Crippen LogP contribution in [0.4, 0.5) is 5.69 Å². The number of benzene rings is 2. The van der Waals surface area contributed by atoms with E-state index in [4.69, 9.17) is 4.74 Å². The van der Waals surface area contributed by atoms with Gasteiger partial charge >= 0.3 is 0 Å². The van der Waals surface area contributed by atoms with Gasteiger partial charge in [-0.2, -0.15) is 0 Å². The Morgan fingerprint density at radius 1 is 1.10 bits per heavy atom. The average molecular weight is 433 g/mol. The lowest BCUT2D eigenvalue weighted by atomic mass is 10.2. The maximum Gasteiger partial charge on any atom is 0.282 e. The molecule has 0 saturated heterocycles. The number of carbonyl (C=O) groups is 1. The maximum atomic E-state index is 13.1. The molecule has 2 aromatic carbocycles. The number of nitrogens with zero attached hydrogens (tertiary/aromatic N) is 4. The first-order valence-electron chi connectivity index (χ1n) is 9.46. The summed E-state index contributed by atoms with van der Waals surface area (Å²) < 4.78 is 6.70. The Balaban J connectivity index is 1.59. The first-order chi connectivity index (χ1) is 15.1. The van der Waals surface area contributed by atoms with E-state index in [9.17, 15) is 9.59 Å². The number of hydrogen-bond acceptors (Lipinski definition) is 7. The molecule has 0 unspecified atom stereocenters. The third kappa shape index (κ3) is 4.89. The second kappa shape index (κ2) is 9.40. The van der Waals surface area contributed by atoms with Gasteiger partial charge in [0.1, 0.15) is 5.75 Å². The molecule has 0 spiro atoms. The zero-order valence-electron chi connectivity index (χ0n) is 16.7. The molecule has 8 nitrogen and oxygen atoms in total. The highest BCUT2D eigenvalue weighted by Crippen LogP contribution is 2.20. The van der Waals surface area contributed by atoms with Gasteiger partial charge in [-0.05, 0) is 17.7 Å². The van der Waals surface area contributed by atoms with Crippen molar-refractivity contribution in [2.45, 2.75) is 11.7 Å². The van der Waals surface area contributed by atoms with Gasteiger partial charge in [0.2, 0.25) is 5.91 Å². The van der Waals surface area contributed by atoms with Gasteiger partial charge < -0.3 is 10.1 Å². The molecule has 9 heteroatoms. The van der Waals surface area contributed by atoms with E-state index in [1.54, 1.807) is 31.4 Å². The van der Waals surface area contributed by atoms with Crippen molar-refractivity contribution in [2.75, 3.05) is 18.2 Å². The number of rotatable bonds is 7. The SMILES string of the molecule is COc1cccc(NC(=O)CSc2nc3nccnc3c(=O)n2Cc2ccccc2)c1. The van der Waals surface area contributed by atoms with Crippen LogP contribution in [0.3, 0.4) is 0 Å². The van der Waals surface area contributed by atoms with Crippen molar-refractivity contribution in [1.82, 2.24) is 19.5 Å². The molecule has 2 aromatic heterocycles. The van der Waals surface area contributed by atoms with Crippen LogP contribution in [0, 0.1) is 0 Å². The Labute approximate surface area is 182 Å². The lowest BCUT2D eigenvalue weighted by Crippen LogP contribution is -2.25. The molecule has 2 heterocycles. The lowest BCUT2D eigenvalue weighted by Gasteiger charge is -2.12. The van der Waals surface area contributed by atoms with Crippen LogP contribution < -0.4 is 15.6 Å². The van der Waals surface area contributed by atoms with Crippen molar-refractivity contribution in [1.29, 1.82) is 0 Å². The average Bonchev–Trinajstić information content (AvgIpc) is 2.80. The Morgan fingerprint density at radius 2 is 1.90 bits per heavy atom. The minimum atomic E-state index is -0.294. The molecule has 0 saturated carbocycles. The van der Waals surface area contributed by atoms with Gasteiger partial charge in [0.25, 0.3) is 5.56 Å². The smallest absolute Gasteiger partial charge is 0.282 e. The monoisotopic (exact) mass is 433 g/mol. The normalized spacial score (nSPS) is 10.7. The molecule has 0 bridgehead atoms. The molecule has 1 N–H and O–H groups in total. The number of thioether (sulfide) groups is 1. The fourth-order valence-electron chi connectivity index (χ4n) is 2.97. The highest BCUT2D eigenvalue weighted by molar-refractivity contribution is 7.99. The third-order valence-electron chi connectivity index (χ3n) is 4.43. The summed E-state index contributed by atoms with van der Waals surface area (Å²) in [6, 6.07) is 16.7. The van der Waals surface area contributed by atoms with Crippen LogP contribution in [0.5, 0.6) is 5.75 Å². The molecule has 156 valence electrons. The fourth-order valence-corrected chi connectivity index (χ4v) is 3.76. The molecule has 31 heavy (non-hydrogen) atoms. The predicted molar refractivity (Wildman–Crippen MR) is 119 cm³/mol. The number of amides is 1. The van der Waals surface area contributed by atoms with Gasteiger partial charge in [-0.25, -0.2) is 15.0 Å². The summed E-state index contributed by atoms with van der Waals surface area (Å²) in [4.78, 5) is 38.3. The standard InChI is InChI=1S/C22H19N5O3S/c1-30-17-9-5-8-16(12-17)25-18(28)14-31-22-26-20-19(23-10-11-24-20)21(29)27(22)13-15-6-3-2-4-7-15/h2-12H,13-14H2,1H3,(H,25,28). The van der Waals surface area contributed by atoms with E-state index in [0.29, 0.717) is 23.1 Å². The molecule has 4 rings (SSSR count). The van der Waals surface area contributed by atoms with Crippen molar-refractivity contribution in [2.24, 2.45) is 0 Å². The van der Waals surface area contributed by atoms with Gasteiger partial charge in [0, 0.05) is 24.1 Å². The van der Waals surface area contributed by atoms with E-state index in [1.807, 2.05) is 30.3 Å². The summed E-state index contributed by atoms with van der Waals surface area (Å²) in [6.45, 7) is 0.318. The number of methoxy groups -OCH3 is 1. The maximum absolute atomic E-state index is 13.1. The second-order valence-electron chi connectivity index (χ2n) is 6.57. The van der Waals surface area contributed by atoms with Crippen LogP contribution >= 0.6 is 11.8 Å². The Hall–Kier alpha value is -3.72. The van der Waals surface area contributed by atoms with E-state index in [1.165, 1.54) is 28.7 Å². The van der Waals surface area contributed by atoms with Crippen molar-refractivity contribution >= 4 is 34.5 Å². The fraction of sp³-hybridized carbons (Fsp3) is 0.136. The number of aromatic nitrogens is 4. The minimum absolute atomic E-state index is 0.0736. The minimum Gasteiger partial charge on any atom is -0.497 e. The number of ether oxygens (including phenoxy) is 1. The molecule has 1 amide bonds. The quantitative estimate of drug-likeness (QED) is 0.353. The number of hydrogen-bond donors (Lipinski definition) is 1. The first-order valence-corrected chi connectivity index (χ1v) is 10.4. The first kappa shape index (κ1) is 20.5. The Bertz CT molecular complexity index is 1280. The molecule has 4 aromatic rings. The van der Waals surface area contributed by atoms with Crippen LogP contribution in [0.25, 0.3) is 11.2 Å². The van der Waals surface area contributed by atoms with Gasteiger partial charge in [0.05, 0.1) is 19.4 Å².